The van der Waals surface area contributed by atoms with Crippen LogP contribution < -0.4 is 14.8 Å². The molecule has 1 N–H and O–H groups in total. The number of amides is 1. The Balaban J connectivity index is 2.13. The lowest BCUT2D eigenvalue weighted by Gasteiger charge is -2.10. The van der Waals surface area contributed by atoms with Gasteiger partial charge in [-0.15, -0.1) is 0 Å². The molecule has 0 aliphatic carbocycles. The van der Waals surface area contributed by atoms with E-state index in [1.54, 1.807) is 48.5 Å². The Labute approximate surface area is 128 Å². The summed E-state index contributed by atoms with van der Waals surface area (Å²) in [7, 11) is 0. The number of hydrogen-bond donors (Lipinski definition) is 1. The fourth-order valence-corrected chi connectivity index (χ4v) is 1.86. The van der Waals surface area contributed by atoms with Gasteiger partial charge in [0.25, 0.3) is 0 Å². The van der Waals surface area contributed by atoms with Gasteiger partial charge in [0.05, 0.1) is 17.9 Å². The number of para-hydroxylation sites is 2. The van der Waals surface area contributed by atoms with Crippen LogP contribution >= 0.6 is 0 Å². The number of esters is 1. The molecule has 0 spiro atoms. The van der Waals surface area contributed by atoms with Gasteiger partial charge in [-0.3, -0.25) is 4.79 Å². The predicted octanol–water partition coefficient (Wildman–Crippen LogP) is 3.26. The molecule has 0 fully saturated rings. The van der Waals surface area contributed by atoms with Gasteiger partial charge in [-0.25, -0.2) is 4.79 Å². The lowest BCUT2D eigenvalue weighted by atomic mass is 10.2. The van der Waals surface area contributed by atoms with E-state index in [0.717, 1.165) is 0 Å². The van der Waals surface area contributed by atoms with E-state index in [9.17, 15) is 9.59 Å². The van der Waals surface area contributed by atoms with Crippen LogP contribution in [0.1, 0.15) is 24.2 Å². The summed E-state index contributed by atoms with van der Waals surface area (Å²) in [5, 5.41) is 2.62. The zero-order chi connectivity index (χ0) is 15.9. The van der Waals surface area contributed by atoms with Crippen LogP contribution in [0.2, 0.25) is 0 Å². The summed E-state index contributed by atoms with van der Waals surface area (Å²) in [5.41, 5.74) is 0.857. The number of nitrogens with one attached hydrogen (secondary N) is 1. The highest BCUT2D eigenvalue weighted by molar-refractivity contribution is 5.94. The van der Waals surface area contributed by atoms with E-state index >= 15 is 0 Å². The molecule has 2 rings (SSSR count). The van der Waals surface area contributed by atoms with Gasteiger partial charge in [0.1, 0.15) is 5.75 Å². The van der Waals surface area contributed by atoms with Crippen LogP contribution in [0.15, 0.2) is 48.5 Å². The van der Waals surface area contributed by atoms with Crippen molar-refractivity contribution in [1.29, 1.82) is 0 Å². The van der Waals surface area contributed by atoms with E-state index in [0.29, 0.717) is 29.4 Å². The molecule has 5 nitrogen and oxygen atoms in total. The molecule has 0 aliphatic rings. The first-order valence-electron chi connectivity index (χ1n) is 6.92. The average Bonchev–Trinajstić information content (AvgIpc) is 2.50. The van der Waals surface area contributed by atoms with E-state index in [1.165, 1.54) is 6.92 Å². The first-order chi connectivity index (χ1) is 10.6. The summed E-state index contributed by atoms with van der Waals surface area (Å²) in [5.74, 6) is 0.264. The summed E-state index contributed by atoms with van der Waals surface area (Å²) < 4.78 is 10.7. The maximum atomic E-state index is 12.1. The first kappa shape index (κ1) is 15.6. The van der Waals surface area contributed by atoms with Crippen molar-refractivity contribution in [1.82, 2.24) is 0 Å². The summed E-state index contributed by atoms with van der Waals surface area (Å²) in [4.78, 5) is 23.3. The Morgan fingerprint density at radius 3 is 2.36 bits per heavy atom. The highest BCUT2D eigenvalue weighted by Crippen LogP contribution is 2.25. The van der Waals surface area contributed by atoms with E-state index in [1.807, 2.05) is 6.92 Å². The molecule has 0 radical (unpaired) electrons. The molecular formula is C17H17NO4. The van der Waals surface area contributed by atoms with Crippen LogP contribution in [-0.2, 0) is 4.79 Å². The fourth-order valence-electron chi connectivity index (χ4n) is 1.86. The lowest BCUT2D eigenvalue weighted by Crippen LogP contribution is -2.12. The second-order valence-corrected chi connectivity index (χ2v) is 4.52. The van der Waals surface area contributed by atoms with Crippen molar-refractivity contribution in [3.8, 4) is 11.5 Å². The molecule has 114 valence electrons. The van der Waals surface area contributed by atoms with Gasteiger partial charge in [-0.2, -0.15) is 0 Å². The molecule has 1 amide bonds. The second-order valence-electron chi connectivity index (χ2n) is 4.52. The normalized spacial score (nSPS) is 9.91. The van der Waals surface area contributed by atoms with Gasteiger partial charge in [-0.05, 0) is 43.3 Å². The second kappa shape index (κ2) is 7.26. The molecule has 0 saturated carbocycles. The largest absolute Gasteiger partial charge is 0.494 e. The minimum Gasteiger partial charge on any atom is -0.494 e. The van der Waals surface area contributed by atoms with Crippen molar-refractivity contribution >= 4 is 17.6 Å². The zero-order valence-corrected chi connectivity index (χ0v) is 12.5. The molecule has 2 aromatic carbocycles. The summed E-state index contributed by atoms with van der Waals surface area (Å²) in [6, 6.07) is 13.5. The van der Waals surface area contributed by atoms with Crippen LogP contribution in [0.3, 0.4) is 0 Å². The molecule has 2 aromatic rings. The van der Waals surface area contributed by atoms with E-state index in [-0.39, 0.29) is 5.91 Å². The van der Waals surface area contributed by atoms with Gasteiger partial charge in [0.2, 0.25) is 5.91 Å². The highest BCUT2D eigenvalue weighted by Gasteiger charge is 2.12. The van der Waals surface area contributed by atoms with Gasteiger partial charge in [-0.1, -0.05) is 12.1 Å². The SMILES string of the molecule is CCOc1ccc(C(=O)Oc2ccccc2NC(C)=O)cc1. The first-order valence-corrected chi connectivity index (χ1v) is 6.92. The predicted molar refractivity (Wildman–Crippen MR) is 83.3 cm³/mol. The number of ether oxygens (including phenoxy) is 2. The van der Waals surface area contributed by atoms with Crippen LogP contribution in [0, 0.1) is 0 Å². The highest BCUT2D eigenvalue weighted by atomic mass is 16.5. The van der Waals surface area contributed by atoms with E-state index < -0.39 is 5.97 Å². The third-order valence-electron chi connectivity index (χ3n) is 2.80. The quantitative estimate of drug-likeness (QED) is 0.680. The molecular weight excluding hydrogens is 282 g/mol. The topological polar surface area (TPSA) is 64.6 Å². The molecule has 0 unspecified atom stereocenters. The number of rotatable bonds is 5. The third kappa shape index (κ3) is 4.09. The maximum absolute atomic E-state index is 12.1. The van der Waals surface area contributed by atoms with Crippen molar-refractivity contribution in [3.05, 3.63) is 54.1 Å². The number of carbonyl (C=O) groups excluding carboxylic acids is 2. The Kier molecular flexibility index (Phi) is 5.14. The Morgan fingerprint density at radius 2 is 1.73 bits per heavy atom. The molecule has 0 saturated heterocycles. The number of hydrogen-bond acceptors (Lipinski definition) is 4. The van der Waals surface area contributed by atoms with Crippen LogP contribution in [0.5, 0.6) is 11.5 Å². The molecule has 5 heteroatoms. The van der Waals surface area contributed by atoms with Gasteiger partial charge < -0.3 is 14.8 Å². The Morgan fingerprint density at radius 1 is 1.05 bits per heavy atom. The van der Waals surface area contributed by atoms with Crippen molar-refractivity contribution in [2.75, 3.05) is 11.9 Å². The Bertz CT molecular complexity index is 665. The average molecular weight is 299 g/mol. The van der Waals surface area contributed by atoms with Crippen LogP contribution in [0.4, 0.5) is 5.69 Å². The van der Waals surface area contributed by atoms with Crippen LogP contribution in [-0.4, -0.2) is 18.5 Å². The van der Waals surface area contributed by atoms with Crippen LogP contribution in [0.25, 0.3) is 0 Å². The van der Waals surface area contributed by atoms with Crippen molar-refractivity contribution in [2.45, 2.75) is 13.8 Å². The molecule has 0 aromatic heterocycles. The van der Waals surface area contributed by atoms with Gasteiger partial charge in [0.15, 0.2) is 5.75 Å². The minimum atomic E-state index is -0.499. The van der Waals surface area contributed by atoms with Crippen molar-refractivity contribution in [3.63, 3.8) is 0 Å². The Hall–Kier alpha value is -2.82. The van der Waals surface area contributed by atoms with Crippen molar-refractivity contribution < 1.29 is 19.1 Å². The molecule has 0 aliphatic heterocycles. The summed E-state index contributed by atoms with van der Waals surface area (Å²) in [6.07, 6.45) is 0. The molecule has 22 heavy (non-hydrogen) atoms. The van der Waals surface area contributed by atoms with Gasteiger partial charge in [0, 0.05) is 6.92 Å². The van der Waals surface area contributed by atoms with Gasteiger partial charge >= 0.3 is 5.97 Å². The summed E-state index contributed by atoms with van der Waals surface area (Å²) in [6.45, 7) is 3.85. The smallest absolute Gasteiger partial charge is 0.343 e. The van der Waals surface area contributed by atoms with Crippen molar-refractivity contribution in [2.24, 2.45) is 0 Å². The third-order valence-corrected chi connectivity index (χ3v) is 2.80. The molecule has 0 atom stereocenters. The molecule has 0 bridgehead atoms. The standard InChI is InChI=1S/C17H17NO4/c1-3-21-14-10-8-13(9-11-14)17(20)22-16-7-5-4-6-15(16)18-12(2)19/h4-11H,3H2,1-2H3,(H,18,19). The maximum Gasteiger partial charge on any atom is 0.343 e. The zero-order valence-electron chi connectivity index (χ0n) is 12.5. The monoisotopic (exact) mass is 299 g/mol. The lowest BCUT2D eigenvalue weighted by molar-refractivity contribution is -0.114. The molecule has 0 heterocycles. The number of anilines is 1. The summed E-state index contributed by atoms with van der Waals surface area (Å²) >= 11 is 0. The van der Waals surface area contributed by atoms with E-state index in [4.69, 9.17) is 9.47 Å². The number of carbonyl (C=O) groups is 2. The van der Waals surface area contributed by atoms with E-state index in [2.05, 4.69) is 5.32 Å². The number of benzene rings is 2. The minimum absolute atomic E-state index is 0.232. The fraction of sp³-hybridized carbons (Fsp3) is 0.176.